The van der Waals surface area contributed by atoms with Gasteiger partial charge in [0.2, 0.25) is 5.24 Å². The molecule has 0 aliphatic heterocycles. The standard InChI is InChI=1S/C10H8ClFO2/c1-6(10(11)14)9(13)7-3-2-4-8(12)5-7/h2-6H,1H3. The molecule has 0 aliphatic rings. The lowest BCUT2D eigenvalue weighted by Gasteiger charge is -2.04. The van der Waals surface area contributed by atoms with E-state index in [-0.39, 0.29) is 5.56 Å². The molecule has 0 N–H and O–H groups in total. The molecule has 1 aromatic rings. The number of carbonyl (C=O) groups excluding carboxylic acids is 2. The molecule has 74 valence electrons. The molecule has 0 saturated carbocycles. The third-order valence-corrected chi connectivity index (χ3v) is 2.17. The maximum absolute atomic E-state index is 12.7. The lowest BCUT2D eigenvalue weighted by atomic mass is 10.0. The molecule has 0 aliphatic carbocycles. The van der Waals surface area contributed by atoms with Gasteiger partial charge in [-0.2, -0.15) is 0 Å². The Labute approximate surface area is 85.7 Å². The Balaban J connectivity index is 2.95. The predicted molar refractivity (Wildman–Crippen MR) is 50.8 cm³/mol. The summed E-state index contributed by atoms with van der Waals surface area (Å²) in [5.41, 5.74) is 0.159. The summed E-state index contributed by atoms with van der Waals surface area (Å²) in [6, 6.07) is 5.17. The normalized spacial score (nSPS) is 12.2. The highest BCUT2D eigenvalue weighted by Gasteiger charge is 2.20. The fourth-order valence-electron chi connectivity index (χ4n) is 0.995. The number of benzene rings is 1. The molecule has 0 aromatic heterocycles. The average Bonchev–Trinajstić information content (AvgIpc) is 2.15. The molecule has 0 bridgehead atoms. The fourth-order valence-corrected chi connectivity index (χ4v) is 1.09. The van der Waals surface area contributed by atoms with Crippen LogP contribution < -0.4 is 0 Å². The lowest BCUT2D eigenvalue weighted by Crippen LogP contribution is -2.17. The molecule has 2 nitrogen and oxygen atoms in total. The smallest absolute Gasteiger partial charge is 0.232 e. The second kappa shape index (κ2) is 4.33. The molecular weight excluding hydrogens is 207 g/mol. The van der Waals surface area contributed by atoms with E-state index in [0.29, 0.717) is 0 Å². The first kappa shape index (κ1) is 10.9. The van der Waals surface area contributed by atoms with E-state index in [9.17, 15) is 14.0 Å². The Hall–Kier alpha value is -1.22. The van der Waals surface area contributed by atoms with Crippen LogP contribution >= 0.6 is 11.6 Å². The quantitative estimate of drug-likeness (QED) is 0.440. The third kappa shape index (κ3) is 2.39. The monoisotopic (exact) mass is 214 g/mol. The van der Waals surface area contributed by atoms with Gasteiger partial charge in [-0.3, -0.25) is 9.59 Å². The van der Waals surface area contributed by atoms with Gasteiger partial charge in [-0.15, -0.1) is 0 Å². The molecule has 0 fully saturated rings. The molecule has 0 spiro atoms. The van der Waals surface area contributed by atoms with Crippen LogP contribution in [0.15, 0.2) is 24.3 Å². The van der Waals surface area contributed by atoms with Crippen LogP contribution in [0, 0.1) is 11.7 Å². The summed E-state index contributed by atoms with van der Waals surface area (Å²) >= 11 is 5.16. The maximum atomic E-state index is 12.7. The highest BCUT2D eigenvalue weighted by atomic mass is 35.5. The minimum absolute atomic E-state index is 0.159. The number of hydrogen-bond donors (Lipinski definition) is 0. The van der Waals surface area contributed by atoms with Crippen molar-refractivity contribution in [3.63, 3.8) is 0 Å². The molecule has 1 rings (SSSR count). The second-order valence-electron chi connectivity index (χ2n) is 2.90. The Morgan fingerprint density at radius 1 is 1.43 bits per heavy atom. The number of Topliss-reactive ketones (excluding diaryl/α,β-unsaturated/α-hetero) is 1. The molecule has 0 heterocycles. The van der Waals surface area contributed by atoms with Gasteiger partial charge in [-0.05, 0) is 30.7 Å². The summed E-state index contributed by atoms with van der Waals surface area (Å²) in [4.78, 5) is 22.2. The van der Waals surface area contributed by atoms with Gasteiger partial charge in [0.25, 0.3) is 0 Å². The zero-order valence-corrected chi connectivity index (χ0v) is 8.22. The summed E-state index contributed by atoms with van der Waals surface area (Å²) in [5.74, 6) is -1.91. The molecule has 1 unspecified atom stereocenters. The molecule has 1 atom stereocenters. The van der Waals surface area contributed by atoms with Gasteiger partial charge in [-0.1, -0.05) is 12.1 Å². The van der Waals surface area contributed by atoms with E-state index in [1.165, 1.54) is 25.1 Å². The number of hydrogen-bond acceptors (Lipinski definition) is 2. The predicted octanol–water partition coefficient (Wildman–Crippen LogP) is 2.41. The van der Waals surface area contributed by atoms with Gasteiger partial charge < -0.3 is 0 Å². The Morgan fingerprint density at radius 3 is 2.57 bits per heavy atom. The van der Waals surface area contributed by atoms with E-state index >= 15 is 0 Å². The van der Waals surface area contributed by atoms with E-state index in [1.54, 1.807) is 0 Å². The zero-order valence-electron chi connectivity index (χ0n) is 7.46. The SMILES string of the molecule is CC(C(=O)Cl)C(=O)c1cccc(F)c1. The molecule has 1 aromatic carbocycles. The molecule has 4 heteroatoms. The van der Waals surface area contributed by atoms with Gasteiger partial charge in [0.15, 0.2) is 5.78 Å². The number of rotatable bonds is 3. The summed E-state index contributed by atoms with van der Waals surface area (Å²) < 4.78 is 12.7. The third-order valence-electron chi connectivity index (χ3n) is 1.84. The van der Waals surface area contributed by atoms with Crippen LogP contribution in [0.3, 0.4) is 0 Å². The molecular formula is C10H8ClFO2. The maximum Gasteiger partial charge on any atom is 0.232 e. The van der Waals surface area contributed by atoms with Crippen LogP contribution in [-0.4, -0.2) is 11.0 Å². The van der Waals surface area contributed by atoms with E-state index in [0.717, 1.165) is 6.07 Å². The summed E-state index contributed by atoms with van der Waals surface area (Å²) in [5, 5.41) is -0.737. The minimum Gasteiger partial charge on any atom is -0.293 e. The highest BCUT2D eigenvalue weighted by molar-refractivity contribution is 6.65. The summed E-state index contributed by atoms with van der Waals surface area (Å²) in [6.45, 7) is 1.39. The highest BCUT2D eigenvalue weighted by Crippen LogP contribution is 2.12. The van der Waals surface area contributed by atoms with Crippen molar-refractivity contribution in [1.29, 1.82) is 0 Å². The Kier molecular flexibility index (Phi) is 3.36. The number of ketones is 1. The fraction of sp³-hybridized carbons (Fsp3) is 0.200. The molecule has 14 heavy (non-hydrogen) atoms. The van der Waals surface area contributed by atoms with Crippen LogP contribution in [0.2, 0.25) is 0 Å². The number of carbonyl (C=O) groups is 2. The lowest BCUT2D eigenvalue weighted by molar-refractivity contribution is -0.113. The van der Waals surface area contributed by atoms with E-state index in [4.69, 9.17) is 11.6 Å². The molecule has 0 amide bonds. The van der Waals surface area contributed by atoms with Crippen molar-refractivity contribution in [2.24, 2.45) is 5.92 Å². The van der Waals surface area contributed by atoms with Crippen LogP contribution in [0.4, 0.5) is 4.39 Å². The minimum atomic E-state index is -0.932. The second-order valence-corrected chi connectivity index (χ2v) is 3.27. The van der Waals surface area contributed by atoms with Gasteiger partial charge in [0, 0.05) is 5.56 Å². The Morgan fingerprint density at radius 2 is 2.07 bits per heavy atom. The van der Waals surface area contributed by atoms with Crippen molar-refractivity contribution in [3.05, 3.63) is 35.6 Å². The van der Waals surface area contributed by atoms with Crippen LogP contribution in [0.5, 0.6) is 0 Å². The topological polar surface area (TPSA) is 34.1 Å². The van der Waals surface area contributed by atoms with E-state index in [1.807, 2.05) is 0 Å². The van der Waals surface area contributed by atoms with Crippen molar-refractivity contribution < 1.29 is 14.0 Å². The van der Waals surface area contributed by atoms with Crippen molar-refractivity contribution in [1.82, 2.24) is 0 Å². The Bertz CT molecular complexity index is 376. The van der Waals surface area contributed by atoms with E-state index < -0.39 is 22.8 Å². The van der Waals surface area contributed by atoms with Gasteiger partial charge in [0.1, 0.15) is 5.82 Å². The number of halogens is 2. The zero-order chi connectivity index (χ0) is 10.7. The average molecular weight is 215 g/mol. The van der Waals surface area contributed by atoms with Crippen molar-refractivity contribution in [2.45, 2.75) is 6.92 Å². The van der Waals surface area contributed by atoms with Crippen LogP contribution in [0.25, 0.3) is 0 Å². The van der Waals surface area contributed by atoms with E-state index in [2.05, 4.69) is 0 Å². The van der Waals surface area contributed by atoms with Crippen LogP contribution in [0.1, 0.15) is 17.3 Å². The van der Waals surface area contributed by atoms with Crippen molar-refractivity contribution >= 4 is 22.6 Å². The first-order valence-electron chi connectivity index (χ1n) is 4.01. The van der Waals surface area contributed by atoms with Crippen molar-refractivity contribution in [2.75, 3.05) is 0 Å². The van der Waals surface area contributed by atoms with Crippen LogP contribution in [-0.2, 0) is 4.79 Å². The summed E-state index contributed by atoms with van der Waals surface area (Å²) in [7, 11) is 0. The van der Waals surface area contributed by atoms with Gasteiger partial charge in [-0.25, -0.2) is 4.39 Å². The van der Waals surface area contributed by atoms with Crippen molar-refractivity contribution in [3.8, 4) is 0 Å². The largest absolute Gasteiger partial charge is 0.293 e. The first-order chi connectivity index (χ1) is 6.52. The van der Waals surface area contributed by atoms with Gasteiger partial charge in [0.05, 0.1) is 5.92 Å². The first-order valence-corrected chi connectivity index (χ1v) is 4.39. The van der Waals surface area contributed by atoms with Gasteiger partial charge >= 0.3 is 0 Å². The molecule has 0 saturated heterocycles. The summed E-state index contributed by atoms with van der Waals surface area (Å²) in [6.07, 6.45) is 0. The molecule has 0 radical (unpaired) electrons.